The van der Waals surface area contributed by atoms with E-state index >= 15 is 0 Å². The van der Waals surface area contributed by atoms with Gasteiger partial charge < -0.3 is 15.0 Å². The number of benzene rings is 1. The van der Waals surface area contributed by atoms with Crippen LogP contribution in [0.4, 0.5) is 5.69 Å². The van der Waals surface area contributed by atoms with Crippen molar-refractivity contribution < 1.29 is 14.3 Å². The second-order valence-electron chi connectivity index (χ2n) is 5.73. The fourth-order valence-electron chi connectivity index (χ4n) is 2.22. The van der Waals surface area contributed by atoms with E-state index in [4.69, 9.17) is 4.74 Å². The van der Waals surface area contributed by atoms with Gasteiger partial charge in [-0.15, -0.1) is 0 Å². The summed E-state index contributed by atoms with van der Waals surface area (Å²) in [5.41, 5.74) is 1.32. The number of aromatic amines is 1. The molecular formula is C19H23N3O4S2. The molecule has 150 valence electrons. The average molecular weight is 422 g/mol. The topological polar surface area (TPSA) is 101 Å². The van der Waals surface area contributed by atoms with E-state index in [-0.39, 0.29) is 18.1 Å². The molecule has 7 nitrogen and oxygen atoms in total. The van der Waals surface area contributed by atoms with Crippen molar-refractivity contribution in [3.63, 3.8) is 0 Å². The van der Waals surface area contributed by atoms with Gasteiger partial charge in [0.25, 0.3) is 5.56 Å². The normalized spacial score (nSPS) is 11.7. The Morgan fingerprint density at radius 2 is 2.07 bits per heavy atom. The van der Waals surface area contributed by atoms with E-state index in [1.54, 1.807) is 49.9 Å². The molecule has 2 N–H and O–H groups in total. The van der Waals surface area contributed by atoms with Gasteiger partial charge >= 0.3 is 5.97 Å². The third-order valence-electron chi connectivity index (χ3n) is 3.53. The fraction of sp³-hybridized carbons (Fsp3) is 0.368. The highest BCUT2D eigenvalue weighted by molar-refractivity contribution is 8.00. The molecule has 1 amide bonds. The number of carbonyl (C=O) groups is 2. The summed E-state index contributed by atoms with van der Waals surface area (Å²) in [5, 5.41) is 2.68. The van der Waals surface area contributed by atoms with Gasteiger partial charge in [-0.3, -0.25) is 9.59 Å². The van der Waals surface area contributed by atoms with Gasteiger partial charge in [0.1, 0.15) is 0 Å². The lowest BCUT2D eigenvalue weighted by Crippen LogP contribution is -2.23. The van der Waals surface area contributed by atoms with Crippen molar-refractivity contribution in [3.8, 4) is 0 Å². The smallest absolute Gasteiger partial charge is 0.338 e. The summed E-state index contributed by atoms with van der Waals surface area (Å²) in [6.45, 7) is 5.78. The molecule has 0 spiro atoms. The lowest BCUT2D eigenvalue weighted by Gasteiger charge is -2.12. The Kier molecular flexibility index (Phi) is 8.59. The number of anilines is 1. The molecule has 28 heavy (non-hydrogen) atoms. The highest BCUT2D eigenvalue weighted by Crippen LogP contribution is 2.21. The first-order valence-corrected chi connectivity index (χ1v) is 10.9. The van der Waals surface area contributed by atoms with Crippen molar-refractivity contribution in [2.75, 3.05) is 17.7 Å². The van der Waals surface area contributed by atoms with E-state index in [9.17, 15) is 14.4 Å². The van der Waals surface area contributed by atoms with E-state index in [2.05, 4.69) is 15.3 Å². The molecule has 1 aromatic carbocycles. The van der Waals surface area contributed by atoms with Crippen LogP contribution in [0.2, 0.25) is 0 Å². The van der Waals surface area contributed by atoms with Crippen LogP contribution >= 0.6 is 23.5 Å². The van der Waals surface area contributed by atoms with Crippen LogP contribution in [0.15, 0.2) is 40.3 Å². The minimum atomic E-state index is -0.497. The number of H-pyrrole nitrogens is 1. The van der Waals surface area contributed by atoms with Gasteiger partial charge in [-0.2, -0.15) is 11.8 Å². The summed E-state index contributed by atoms with van der Waals surface area (Å²) in [6, 6.07) is 8.03. The Bertz CT molecular complexity index is 885. The molecule has 0 aliphatic carbocycles. The van der Waals surface area contributed by atoms with Crippen molar-refractivity contribution in [2.45, 2.75) is 36.9 Å². The highest BCUT2D eigenvalue weighted by Gasteiger charge is 2.17. The lowest BCUT2D eigenvalue weighted by atomic mass is 10.2. The second-order valence-corrected chi connectivity index (χ2v) is 8.33. The molecule has 0 aliphatic heterocycles. The molecule has 0 radical (unpaired) electrons. The minimum Gasteiger partial charge on any atom is -0.462 e. The van der Waals surface area contributed by atoms with E-state index in [0.29, 0.717) is 27.9 Å². The van der Waals surface area contributed by atoms with E-state index in [1.165, 1.54) is 17.8 Å². The van der Waals surface area contributed by atoms with Crippen molar-refractivity contribution in [1.82, 2.24) is 9.97 Å². The predicted octanol–water partition coefficient (Wildman–Crippen LogP) is 3.32. The first kappa shape index (κ1) is 22.0. The zero-order valence-corrected chi connectivity index (χ0v) is 17.6. The molecule has 1 atom stereocenters. The zero-order valence-electron chi connectivity index (χ0n) is 16.0. The molecule has 1 aromatic heterocycles. The molecular weight excluding hydrogens is 398 g/mol. The number of esters is 1. The molecule has 1 heterocycles. The number of amides is 1. The standard InChI is InChI=1S/C19H23N3O4S2/c1-4-26-18(25)13-7-6-8-14(9-13)20-17(24)12(3)28-19-21-15(11-27-5-2)10-16(23)22-19/h6-10,12H,4-5,11H2,1-3H3,(H,20,24)(H,21,22,23). The third-order valence-corrected chi connectivity index (χ3v) is 5.42. The van der Waals surface area contributed by atoms with Crippen LogP contribution in [0, 0.1) is 0 Å². The summed E-state index contributed by atoms with van der Waals surface area (Å²) in [6.07, 6.45) is 0. The number of aromatic nitrogens is 2. The van der Waals surface area contributed by atoms with Crippen molar-refractivity contribution in [2.24, 2.45) is 0 Å². The maximum Gasteiger partial charge on any atom is 0.338 e. The van der Waals surface area contributed by atoms with Gasteiger partial charge in [0.05, 0.1) is 23.1 Å². The van der Waals surface area contributed by atoms with Gasteiger partial charge in [0.2, 0.25) is 5.91 Å². The number of nitrogens with one attached hydrogen (secondary N) is 2. The monoisotopic (exact) mass is 421 g/mol. The Labute approximate surface area is 172 Å². The Hall–Kier alpha value is -2.26. The van der Waals surface area contributed by atoms with Crippen LogP contribution in [-0.2, 0) is 15.3 Å². The van der Waals surface area contributed by atoms with Gasteiger partial charge in [0.15, 0.2) is 5.16 Å². The minimum absolute atomic E-state index is 0.237. The van der Waals surface area contributed by atoms with Crippen molar-refractivity contribution in [1.29, 1.82) is 0 Å². The first-order chi connectivity index (χ1) is 13.4. The molecule has 0 saturated carbocycles. The third kappa shape index (κ3) is 6.72. The molecule has 1 unspecified atom stereocenters. The number of nitrogens with zero attached hydrogens (tertiary/aromatic N) is 1. The van der Waals surface area contributed by atoms with Gasteiger partial charge in [-0.05, 0) is 37.8 Å². The number of hydrogen-bond acceptors (Lipinski definition) is 7. The number of ether oxygens (including phenoxy) is 1. The van der Waals surface area contributed by atoms with Crippen molar-refractivity contribution >= 4 is 41.1 Å². The summed E-state index contributed by atoms with van der Waals surface area (Å²) in [4.78, 5) is 43.2. The Morgan fingerprint density at radius 3 is 2.79 bits per heavy atom. The van der Waals surface area contributed by atoms with Gasteiger partial charge in [-0.25, -0.2) is 9.78 Å². The van der Waals surface area contributed by atoms with E-state index in [1.807, 2.05) is 6.92 Å². The maximum absolute atomic E-state index is 12.5. The summed E-state index contributed by atoms with van der Waals surface area (Å²) in [7, 11) is 0. The zero-order chi connectivity index (χ0) is 20.5. The summed E-state index contributed by atoms with van der Waals surface area (Å²) < 4.78 is 4.97. The predicted molar refractivity (Wildman–Crippen MR) is 113 cm³/mol. The van der Waals surface area contributed by atoms with Crippen LogP contribution in [0.25, 0.3) is 0 Å². The summed E-state index contributed by atoms with van der Waals surface area (Å²) >= 11 is 2.84. The molecule has 0 fully saturated rings. The molecule has 2 rings (SSSR count). The number of carbonyl (C=O) groups excluding carboxylic acids is 2. The van der Waals surface area contributed by atoms with Crippen LogP contribution in [0.5, 0.6) is 0 Å². The van der Waals surface area contributed by atoms with Crippen LogP contribution < -0.4 is 10.9 Å². The lowest BCUT2D eigenvalue weighted by molar-refractivity contribution is -0.115. The van der Waals surface area contributed by atoms with E-state index in [0.717, 1.165) is 5.75 Å². The number of hydrogen-bond donors (Lipinski definition) is 2. The molecule has 9 heteroatoms. The SMILES string of the molecule is CCOC(=O)c1cccc(NC(=O)C(C)Sc2nc(CSCC)cc(=O)[nH]2)c1. The van der Waals surface area contributed by atoms with Gasteiger partial charge in [-0.1, -0.05) is 24.8 Å². The Balaban J connectivity index is 2.03. The molecule has 0 saturated heterocycles. The second kappa shape index (κ2) is 10.9. The highest BCUT2D eigenvalue weighted by atomic mass is 32.2. The first-order valence-electron chi connectivity index (χ1n) is 8.85. The fourth-order valence-corrected chi connectivity index (χ4v) is 3.61. The van der Waals surface area contributed by atoms with E-state index < -0.39 is 11.2 Å². The van der Waals surface area contributed by atoms with Gasteiger partial charge in [0, 0.05) is 17.5 Å². The molecule has 0 aliphatic rings. The quantitative estimate of drug-likeness (QED) is 0.364. The van der Waals surface area contributed by atoms with Crippen molar-refractivity contribution in [3.05, 3.63) is 51.9 Å². The van der Waals surface area contributed by atoms with Crippen LogP contribution in [0.1, 0.15) is 36.8 Å². The number of thioether (sulfide) groups is 2. The molecule has 2 aromatic rings. The van der Waals surface area contributed by atoms with Crippen LogP contribution in [-0.4, -0.2) is 39.5 Å². The summed E-state index contributed by atoms with van der Waals surface area (Å²) in [5.74, 6) is 0.877. The molecule has 0 bridgehead atoms. The van der Waals surface area contributed by atoms with Crippen LogP contribution in [0.3, 0.4) is 0 Å². The average Bonchev–Trinajstić information content (AvgIpc) is 2.66. The Morgan fingerprint density at radius 1 is 1.29 bits per heavy atom. The largest absolute Gasteiger partial charge is 0.462 e. The maximum atomic E-state index is 12.5. The number of rotatable bonds is 9.